The van der Waals surface area contributed by atoms with Crippen molar-refractivity contribution in [3.05, 3.63) is 30.3 Å². The fourth-order valence-corrected chi connectivity index (χ4v) is 3.12. The molecule has 0 saturated carbocycles. The van der Waals surface area contributed by atoms with Gasteiger partial charge < -0.3 is 0 Å². The number of rotatable bonds is 4. The van der Waals surface area contributed by atoms with Crippen LogP contribution in [0, 0.1) is 0 Å². The van der Waals surface area contributed by atoms with Gasteiger partial charge in [-0.2, -0.15) is 0 Å². The molecule has 8 heteroatoms. The third-order valence-corrected chi connectivity index (χ3v) is 4.10. The van der Waals surface area contributed by atoms with Crippen LogP contribution in [0.2, 0.25) is 0 Å². The van der Waals surface area contributed by atoms with Crippen molar-refractivity contribution < 1.29 is 16.8 Å². The second-order valence-corrected chi connectivity index (χ2v) is 6.85. The van der Waals surface area contributed by atoms with E-state index in [1.807, 2.05) is 4.83 Å². The molecule has 0 amide bonds. The summed E-state index contributed by atoms with van der Waals surface area (Å²) < 4.78 is 46.0. The van der Waals surface area contributed by atoms with Gasteiger partial charge in [0.1, 0.15) is 0 Å². The normalized spacial score (nSPS) is 12.9. The van der Waals surface area contributed by atoms with Crippen molar-refractivity contribution in [1.29, 1.82) is 0 Å². The van der Waals surface area contributed by atoms with Crippen LogP contribution in [0.15, 0.2) is 35.2 Å². The average Bonchev–Trinajstić information content (AvgIpc) is 2.16. The molecule has 0 saturated heterocycles. The molecule has 0 bridgehead atoms. The Morgan fingerprint density at radius 1 is 1.06 bits per heavy atom. The smallest absolute Gasteiger partial charge is 0.211 e. The molecule has 90 valence electrons. The minimum Gasteiger partial charge on any atom is -0.211 e. The predicted molar refractivity (Wildman–Crippen MR) is 59.4 cm³/mol. The summed E-state index contributed by atoms with van der Waals surface area (Å²) in [5.41, 5.74) is 0. The van der Waals surface area contributed by atoms with Crippen molar-refractivity contribution in [2.24, 2.45) is 0 Å². The molecule has 0 radical (unpaired) electrons. The third-order valence-electron chi connectivity index (χ3n) is 1.70. The van der Waals surface area contributed by atoms with Gasteiger partial charge in [-0.3, -0.25) is 0 Å². The van der Waals surface area contributed by atoms with E-state index in [0.717, 1.165) is 13.3 Å². The summed E-state index contributed by atoms with van der Waals surface area (Å²) in [5.74, 6) is 0. The van der Waals surface area contributed by atoms with Gasteiger partial charge in [-0.1, -0.05) is 18.2 Å². The molecule has 1 aromatic carbocycles. The molecule has 1 aromatic rings. The Balaban J connectivity index is 3.05. The maximum absolute atomic E-state index is 11.8. The summed E-state index contributed by atoms with van der Waals surface area (Å²) in [7, 11) is -6.32. The Kier molecular flexibility index (Phi) is 3.68. The zero-order valence-electron chi connectivity index (χ0n) is 8.78. The first-order chi connectivity index (χ1) is 7.23. The predicted octanol–water partition coefficient (Wildman–Crippen LogP) is -0.229. The van der Waals surface area contributed by atoms with Gasteiger partial charge in [-0.25, -0.2) is 16.8 Å². The van der Waals surface area contributed by atoms with Crippen molar-refractivity contribution in [3.8, 4) is 0 Å². The molecule has 0 aliphatic heterocycles. The topological polar surface area (TPSA) is 83.6 Å². The molecule has 0 aromatic heterocycles. The van der Waals surface area contributed by atoms with E-state index >= 15 is 0 Å². The van der Waals surface area contributed by atoms with Gasteiger partial charge in [0, 0.05) is 7.05 Å². The molecule has 0 spiro atoms. The first-order valence-electron chi connectivity index (χ1n) is 4.25. The zero-order chi connectivity index (χ0) is 12.4. The monoisotopic (exact) mass is 264 g/mol. The molecule has 0 aliphatic carbocycles. The molecular formula is C8H12N2O4S2. The summed E-state index contributed by atoms with van der Waals surface area (Å²) in [6, 6.07) is 7.55. The maximum atomic E-state index is 11.8. The van der Waals surface area contributed by atoms with Crippen LogP contribution < -0.4 is 4.83 Å². The second kappa shape index (κ2) is 4.50. The SMILES string of the molecule is CN(NS(C)(=O)=O)S(=O)(=O)c1ccccc1. The van der Waals surface area contributed by atoms with Crippen molar-refractivity contribution in [2.75, 3.05) is 13.3 Å². The van der Waals surface area contributed by atoms with Crippen LogP contribution in [0.25, 0.3) is 0 Å². The van der Waals surface area contributed by atoms with Crippen LogP contribution in [0.5, 0.6) is 0 Å². The van der Waals surface area contributed by atoms with Gasteiger partial charge in [-0.15, -0.1) is 9.25 Å². The largest absolute Gasteiger partial charge is 0.256 e. The van der Waals surface area contributed by atoms with E-state index in [9.17, 15) is 16.8 Å². The lowest BCUT2D eigenvalue weighted by Crippen LogP contribution is -2.42. The number of hydrogen-bond donors (Lipinski definition) is 1. The highest BCUT2D eigenvalue weighted by Gasteiger charge is 2.22. The number of nitrogens with zero attached hydrogens (tertiary/aromatic N) is 1. The lowest BCUT2D eigenvalue weighted by molar-refractivity contribution is 0.434. The quantitative estimate of drug-likeness (QED) is 0.761. The fourth-order valence-electron chi connectivity index (χ4n) is 1.03. The standard InChI is InChI=1S/C8H12N2O4S2/c1-10(9-15(2,11)12)16(13,14)8-6-4-3-5-7-8/h3-7,9H,1-2H3. The highest BCUT2D eigenvalue weighted by Crippen LogP contribution is 2.11. The van der Waals surface area contributed by atoms with Crippen LogP contribution >= 0.6 is 0 Å². The Hall–Kier alpha value is -0.960. The van der Waals surface area contributed by atoms with E-state index in [0.29, 0.717) is 4.41 Å². The van der Waals surface area contributed by atoms with E-state index in [1.54, 1.807) is 18.2 Å². The van der Waals surface area contributed by atoms with Crippen LogP contribution in [-0.4, -0.2) is 34.6 Å². The first-order valence-corrected chi connectivity index (χ1v) is 7.58. The second-order valence-electron chi connectivity index (χ2n) is 3.15. The Labute approximate surface area is 95.0 Å². The molecule has 0 unspecified atom stereocenters. The Bertz CT molecular complexity index is 551. The van der Waals surface area contributed by atoms with E-state index < -0.39 is 20.0 Å². The molecular weight excluding hydrogens is 252 g/mol. The Morgan fingerprint density at radius 2 is 1.56 bits per heavy atom. The molecule has 0 heterocycles. The highest BCUT2D eigenvalue weighted by molar-refractivity contribution is 7.91. The Morgan fingerprint density at radius 3 is 2.00 bits per heavy atom. The minimum absolute atomic E-state index is 0.0219. The van der Waals surface area contributed by atoms with Gasteiger partial charge in [0.15, 0.2) is 0 Å². The van der Waals surface area contributed by atoms with Crippen molar-refractivity contribution >= 4 is 20.0 Å². The highest BCUT2D eigenvalue weighted by atomic mass is 32.2. The third kappa shape index (κ3) is 3.27. The molecule has 1 N–H and O–H groups in total. The average molecular weight is 264 g/mol. The lowest BCUT2D eigenvalue weighted by Gasteiger charge is -2.16. The maximum Gasteiger partial charge on any atom is 0.256 e. The van der Waals surface area contributed by atoms with E-state index in [4.69, 9.17) is 0 Å². The molecule has 16 heavy (non-hydrogen) atoms. The van der Waals surface area contributed by atoms with Crippen molar-refractivity contribution in [3.63, 3.8) is 0 Å². The van der Waals surface area contributed by atoms with E-state index in [-0.39, 0.29) is 4.90 Å². The van der Waals surface area contributed by atoms with Crippen molar-refractivity contribution in [2.45, 2.75) is 4.90 Å². The van der Waals surface area contributed by atoms with Crippen molar-refractivity contribution in [1.82, 2.24) is 9.25 Å². The summed E-state index contributed by atoms with van der Waals surface area (Å²) in [6.07, 6.45) is 0.879. The van der Waals surface area contributed by atoms with Gasteiger partial charge in [0.05, 0.1) is 11.2 Å². The summed E-state index contributed by atoms with van der Waals surface area (Å²) in [4.78, 5) is 1.90. The van der Waals surface area contributed by atoms with E-state index in [2.05, 4.69) is 0 Å². The van der Waals surface area contributed by atoms with Crippen LogP contribution in [-0.2, 0) is 20.0 Å². The zero-order valence-corrected chi connectivity index (χ0v) is 10.4. The van der Waals surface area contributed by atoms with Crippen LogP contribution in [0.1, 0.15) is 0 Å². The number of hydrazine groups is 1. The molecule has 0 fully saturated rings. The fraction of sp³-hybridized carbons (Fsp3) is 0.250. The van der Waals surface area contributed by atoms with Crippen LogP contribution in [0.4, 0.5) is 0 Å². The van der Waals surface area contributed by atoms with Crippen LogP contribution in [0.3, 0.4) is 0 Å². The number of sulfonamides is 2. The molecule has 1 rings (SSSR count). The molecule has 0 atom stereocenters. The number of hydrogen-bond acceptors (Lipinski definition) is 4. The number of nitrogens with one attached hydrogen (secondary N) is 1. The van der Waals surface area contributed by atoms with Gasteiger partial charge in [0.25, 0.3) is 10.0 Å². The van der Waals surface area contributed by atoms with Gasteiger partial charge >= 0.3 is 0 Å². The van der Waals surface area contributed by atoms with Gasteiger partial charge in [-0.05, 0) is 12.1 Å². The minimum atomic E-state index is -3.83. The molecule has 6 nitrogen and oxygen atoms in total. The summed E-state index contributed by atoms with van der Waals surface area (Å²) in [6.45, 7) is 0. The summed E-state index contributed by atoms with van der Waals surface area (Å²) in [5, 5.41) is 0. The lowest BCUT2D eigenvalue weighted by atomic mass is 10.4. The number of benzene rings is 1. The molecule has 0 aliphatic rings. The first kappa shape index (κ1) is 13.1. The van der Waals surface area contributed by atoms with Gasteiger partial charge in [0.2, 0.25) is 10.0 Å². The summed E-state index contributed by atoms with van der Waals surface area (Å²) >= 11 is 0. The van der Waals surface area contributed by atoms with E-state index in [1.165, 1.54) is 12.1 Å².